The monoisotopic (exact) mass is 281 g/mol. The lowest BCUT2D eigenvalue weighted by molar-refractivity contribution is -0.248. The van der Waals surface area contributed by atoms with Crippen molar-refractivity contribution in [1.82, 2.24) is 0 Å². The Morgan fingerprint density at radius 3 is 2.16 bits per heavy atom. The zero-order valence-corrected chi connectivity index (χ0v) is 12.2. The minimum absolute atomic E-state index is 0.194. The molecule has 1 fully saturated rings. The summed E-state index contributed by atoms with van der Waals surface area (Å²) in [7, 11) is 0. The van der Waals surface area contributed by atoms with Crippen LogP contribution < -0.4 is 5.73 Å². The van der Waals surface area contributed by atoms with Crippen LogP contribution in [0.4, 0.5) is 13.2 Å². The van der Waals surface area contributed by atoms with Gasteiger partial charge in [-0.15, -0.1) is 0 Å². The van der Waals surface area contributed by atoms with E-state index in [9.17, 15) is 13.2 Å². The van der Waals surface area contributed by atoms with Crippen molar-refractivity contribution in [3.05, 3.63) is 0 Å². The summed E-state index contributed by atoms with van der Waals surface area (Å²) in [6, 6.07) is -1.04. The molecule has 5 atom stereocenters. The molecule has 0 radical (unpaired) electrons. The molecule has 2 N–H and O–H groups in total. The SMILES string of the molecule is CC1CCC(C(C)C)C(OC(C(C)N)C(F)(F)F)C1. The van der Waals surface area contributed by atoms with Crippen LogP contribution in [0.1, 0.15) is 47.0 Å². The lowest BCUT2D eigenvalue weighted by Crippen LogP contribution is -2.49. The van der Waals surface area contributed by atoms with Gasteiger partial charge in [-0.1, -0.05) is 27.2 Å². The Balaban J connectivity index is 2.79. The molecule has 1 aliphatic rings. The van der Waals surface area contributed by atoms with E-state index in [1.54, 1.807) is 0 Å². The molecule has 114 valence electrons. The molecule has 1 aliphatic carbocycles. The largest absolute Gasteiger partial charge is 0.416 e. The van der Waals surface area contributed by atoms with Crippen LogP contribution in [-0.4, -0.2) is 24.4 Å². The number of ether oxygens (including phenoxy) is 1. The topological polar surface area (TPSA) is 35.2 Å². The van der Waals surface area contributed by atoms with Crippen molar-refractivity contribution < 1.29 is 17.9 Å². The van der Waals surface area contributed by atoms with Gasteiger partial charge in [0.1, 0.15) is 0 Å². The van der Waals surface area contributed by atoms with Crippen LogP contribution in [0.2, 0.25) is 0 Å². The van der Waals surface area contributed by atoms with Crippen molar-refractivity contribution in [2.75, 3.05) is 0 Å². The fourth-order valence-electron chi connectivity index (χ4n) is 2.96. The summed E-state index contributed by atoms with van der Waals surface area (Å²) in [5.41, 5.74) is 5.45. The number of hydrogen-bond acceptors (Lipinski definition) is 2. The summed E-state index contributed by atoms with van der Waals surface area (Å²) in [6.45, 7) is 7.52. The van der Waals surface area contributed by atoms with Gasteiger partial charge in [-0.2, -0.15) is 13.2 Å². The summed E-state index contributed by atoms with van der Waals surface area (Å²) in [5, 5.41) is 0. The molecule has 0 spiro atoms. The molecule has 0 aromatic carbocycles. The van der Waals surface area contributed by atoms with Crippen LogP contribution in [0.25, 0.3) is 0 Å². The summed E-state index contributed by atoms with van der Waals surface area (Å²) >= 11 is 0. The van der Waals surface area contributed by atoms with Crippen LogP contribution in [-0.2, 0) is 4.74 Å². The maximum atomic E-state index is 12.9. The molecule has 19 heavy (non-hydrogen) atoms. The first-order valence-electron chi connectivity index (χ1n) is 7.10. The molecular formula is C14H26F3NO. The van der Waals surface area contributed by atoms with Gasteiger partial charge in [0.05, 0.1) is 6.10 Å². The molecule has 0 aromatic rings. The second-order valence-corrected chi connectivity index (χ2v) is 6.32. The van der Waals surface area contributed by atoms with Crippen molar-refractivity contribution in [1.29, 1.82) is 0 Å². The molecular weight excluding hydrogens is 255 g/mol. The fourth-order valence-corrected chi connectivity index (χ4v) is 2.96. The van der Waals surface area contributed by atoms with E-state index in [4.69, 9.17) is 10.5 Å². The Hall–Kier alpha value is -0.290. The lowest BCUT2D eigenvalue weighted by atomic mass is 9.75. The fraction of sp³-hybridized carbons (Fsp3) is 1.00. The molecule has 0 aromatic heterocycles. The summed E-state index contributed by atoms with van der Waals surface area (Å²) in [4.78, 5) is 0. The zero-order chi connectivity index (χ0) is 14.8. The van der Waals surface area contributed by atoms with E-state index >= 15 is 0 Å². The highest BCUT2D eigenvalue weighted by atomic mass is 19.4. The van der Waals surface area contributed by atoms with Crippen molar-refractivity contribution in [2.24, 2.45) is 23.5 Å². The quantitative estimate of drug-likeness (QED) is 0.852. The van der Waals surface area contributed by atoms with E-state index in [1.165, 1.54) is 6.92 Å². The number of rotatable bonds is 4. The van der Waals surface area contributed by atoms with E-state index in [0.29, 0.717) is 18.3 Å². The lowest BCUT2D eigenvalue weighted by Gasteiger charge is -2.40. The standard InChI is InChI=1S/C14H26F3NO/c1-8(2)11-6-5-9(3)7-12(11)19-13(10(4)18)14(15,16)17/h8-13H,5-7,18H2,1-4H3. The van der Waals surface area contributed by atoms with Crippen molar-refractivity contribution in [3.63, 3.8) is 0 Å². The minimum Gasteiger partial charge on any atom is -0.364 e. The van der Waals surface area contributed by atoms with E-state index in [1.807, 2.05) is 13.8 Å². The third-order valence-electron chi connectivity index (χ3n) is 4.08. The smallest absolute Gasteiger partial charge is 0.364 e. The van der Waals surface area contributed by atoms with Crippen molar-refractivity contribution in [3.8, 4) is 0 Å². The van der Waals surface area contributed by atoms with Gasteiger partial charge in [0.25, 0.3) is 0 Å². The van der Waals surface area contributed by atoms with Crippen molar-refractivity contribution >= 4 is 0 Å². The molecule has 2 nitrogen and oxygen atoms in total. The highest BCUT2D eigenvalue weighted by Gasteiger charge is 2.46. The third-order valence-corrected chi connectivity index (χ3v) is 4.08. The first kappa shape index (κ1) is 16.8. The minimum atomic E-state index is -4.39. The first-order chi connectivity index (χ1) is 8.62. The molecule has 1 rings (SSSR count). The average Bonchev–Trinajstić information content (AvgIpc) is 2.23. The second kappa shape index (κ2) is 6.44. The Morgan fingerprint density at radius 1 is 1.16 bits per heavy atom. The predicted octanol–water partition coefficient (Wildman–Crippen LogP) is 3.74. The second-order valence-electron chi connectivity index (χ2n) is 6.32. The van der Waals surface area contributed by atoms with E-state index in [-0.39, 0.29) is 12.0 Å². The molecule has 5 heteroatoms. The van der Waals surface area contributed by atoms with E-state index in [2.05, 4.69) is 6.92 Å². The Kier molecular flexibility index (Phi) is 5.68. The highest BCUT2D eigenvalue weighted by Crippen LogP contribution is 2.38. The summed E-state index contributed by atoms with van der Waals surface area (Å²) in [5.74, 6) is 0.946. The highest BCUT2D eigenvalue weighted by molar-refractivity contribution is 4.85. The van der Waals surface area contributed by atoms with Crippen LogP contribution in [0.5, 0.6) is 0 Å². The number of alkyl halides is 3. The van der Waals surface area contributed by atoms with Gasteiger partial charge in [-0.3, -0.25) is 0 Å². The van der Waals surface area contributed by atoms with Gasteiger partial charge in [-0.25, -0.2) is 0 Å². The van der Waals surface area contributed by atoms with Gasteiger partial charge < -0.3 is 10.5 Å². The van der Waals surface area contributed by atoms with E-state index in [0.717, 1.165) is 12.8 Å². The Bertz CT molecular complexity index is 278. The molecule has 0 bridgehead atoms. The average molecular weight is 281 g/mol. The molecule has 0 heterocycles. The van der Waals surface area contributed by atoms with Crippen LogP contribution in [0, 0.1) is 17.8 Å². The maximum Gasteiger partial charge on any atom is 0.416 e. The summed E-state index contributed by atoms with van der Waals surface area (Å²) in [6.07, 6.45) is -3.88. The van der Waals surface area contributed by atoms with Gasteiger partial charge >= 0.3 is 6.18 Å². The normalized spacial score (nSPS) is 32.4. The van der Waals surface area contributed by atoms with Crippen LogP contribution >= 0.6 is 0 Å². The van der Waals surface area contributed by atoms with Gasteiger partial charge in [0.15, 0.2) is 6.10 Å². The Morgan fingerprint density at radius 2 is 1.74 bits per heavy atom. The van der Waals surface area contributed by atoms with Gasteiger partial charge in [0, 0.05) is 6.04 Å². The van der Waals surface area contributed by atoms with Gasteiger partial charge in [0.2, 0.25) is 0 Å². The van der Waals surface area contributed by atoms with Crippen molar-refractivity contribution in [2.45, 2.75) is 71.4 Å². The van der Waals surface area contributed by atoms with Crippen LogP contribution in [0.15, 0.2) is 0 Å². The molecule has 0 aliphatic heterocycles. The zero-order valence-electron chi connectivity index (χ0n) is 12.2. The molecule has 0 saturated heterocycles. The Labute approximate surface area is 113 Å². The predicted molar refractivity (Wildman–Crippen MR) is 69.7 cm³/mol. The molecule has 5 unspecified atom stereocenters. The van der Waals surface area contributed by atoms with E-state index < -0.39 is 18.3 Å². The van der Waals surface area contributed by atoms with Crippen LogP contribution in [0.3, 0.4) is 0 Å². The molecule has 1 saturated carbocycles. The maximum absolute atomic E-state index is 12.9. The first-order valence-corrected chi connectivity index (χ1v) is 7.10. The third kappa shape index (κ3) is 4.63. The van der Waals surface area contributed by atoms with Gasteiger partial charge in [-0.05, 0) is 37.5 Å². The number of hydrogen-bond donors (Lipinski definition) is 1. The summed E-state index contributed by atoms with van der Waals surface area (Å²) < 4.78 is 44.3. The number of nitrogens with two attached hydrogens (primary N) is 1. The molecule has 0 amide bonds. The number of halogens is 3.